The molecule has 6 nitrogen and oxygen atoms in total. The third-order valence-electron chi connectivity index (χ3n) is 6.56. The molecule has 0 aliphatic carbocycles. The predicted octanol–water partition coefficient (Wildman–Crippen LogP) is 5.25. The first-order chi connectivity index (χ1) is 17.0. The summed E-state index contributed by atoms with van der Waals surface area (Å²) in [7, 11) is 1.65. The predicted molar refractivity (Wildman–Crippen MR) is 137 cm³/mol. The summed E-state index contributed by atoms with van der Waals surface area (Å²) < 4.78 is 10.9. The second-order valence-corrected chi connectivity index (χ2v) is 8.89. The highest BCUT2D eigenvalue weighted by molar-refractivity contribution is 6.06. The van der Waals surface area contributed by atoms with Crippen molar-refractivity contribution in [2.24, 2.45) is 4.99 Å². The van der Waals surface area contributed by atoms with Crippen molar-refractivity contribution in [3.05, 3.63) is 105 Å². The van der Waals surface area contributed by atoms with Gasteiger partial charge in [-0.3, -0.25) is 9.89 Å². The molecule has 5 rings (SSSR count). The number of hydrogen-bond acceptors (Lipinski definition) is 6. The van der Waals surface area contributed by atoms with E-state index in [4.69, 9.17) is 14.1 Å². The molecule has 1 aromatic heterocycles. The van der Waals surface area contributed by atoms with E-state index in [1.54, 1.807) is 25.3 Å². The van der Waals surface area contributed by atoms with Gasteiger partial charge in [-0.2, -0.15) is 0 Å². The molecule has 0 bridgehead atoms. The van der Waals surface area contributed by atoms with Crippen LogP contribution < -0.4 is 10.4 Å². The quantitative estimate of drug-likeness (QED) is 0.405. The molecular weight excluding hydrogens is 440 g/mol. The second kappa shape index (κ2) is 9.76. The zero-order valence-electron chi connectivity index (χ0n) is 19.9. The Bertz CT molecular complexity index is 1440. The van der Waals surface area contributed by atoms with Crippen LogP contribution in [0.5, 0.6) is 11.5 Å². The fourth-order valence-corrected chi connectivity index (χ4v) is 4.80. The van der Waals surface area contributed by atoms with Crippen LogP contribution in [0, 0.1) is 6.92 Å². The number of aliphatic imine (C=N–C) groups is 1. The maximum Gasteiger partial charge on any atom is 0.349 e. The third kappa shape index (κ3) is 4.70. The van der Waals surface area contributed by atoms with Crippen LogP contribution in [0.15, 0.2) is 87.0 Å². The van der Waals surface area contributed by atoms with Gasteiger partial charge in [-0.25, -0.2) is 4.79 Å². The Morgan fingerprint density at radius 2 is 1.89 bits per heavy atom. The maximum absolute atomic E-state index is 13.0. The maximum atomic E-state index is 13.0. The average molecular weight is 469 g/mol. The fourth-order valence-electron chi connectivity index (χ4n) is 4.80. The largest absolute Gasteiger partial charge is 0.506 e. The van der Waals surface area contributed by atoms with Crippen molar-refractivity contribution >= 4 is 16.7 Å². The van der Waals surface area contributed by atoms with Crippen molar-refractivity contribution in [3.8, 4) is 11.5 Å². The molecule has 1 unspecified atom stereocenters. The van der Waals surface area contributed by atoms with E-state index < -0.39 is 5.63 Å². The number of para-hydroxylation sites is 1. The van der Waals surface area contributed by atoms with Gasteiger partial charge < -0.3 is 14.3 Å². The highest BCUT2D eigenvalue weighted by Crippen LogP contribution is 2.34. The monoisotopic (exact) mass is 468 g/mol. The summed E-state index contributed by atoms with van der Waals surface area (Å²) in [5, 5.41) is 11.6. The Morgan fingerprint density at radius 1 is 1.09 bits per heavy atom. The van der Waals surface area contributed by atoms with Gasteiger partial charge in [0.05, 0.1) is 24.8 Å². The molecule has 3 aromatic carbocycles. The Hall–Kier alpha value is -3.90. The normalized spacial score (nSPS) is 16.6. The first kappa shape index (κ1) is 22.9. The Morgan fingerprint density at radius 3 is 2.66 bits per heavy atom. The highest BCUT2D eigenvalue weighted by atomic mass is 16.5. The van der Waals surface area contributed by atoms with E-state index in [1.165, 1.54) is 11.1 Å². The molecule has 1 N–H and O–H groups in total. The molecular formula is C29H28N2O4. The lowest BCUT2D eigenvalue weighted by molar-refractivity contribution is 0.203. The smallest absolute Gasteiger partial charge is 0.349 e. The molecule has 35 heavy (non-hydrogen) atoms. The van der Waals surface area contributed by atoms with E-state index in [2.05, 4.69) is 48.2 Å². The van der Waals surface area contributed by atoms with Crippen LogP contribution in [0.25, 0.3) is 11.0 Å². The van der Waals surface area contributed by atoms with E-state index >= 15 is 0 Å². The molecule has 1 aliphatic rings. The van der Waals surface area contributed by atoms with Crippen LogP contribution in [-0.4, -0.2) is 35.9 Å². The van der Waals surface area contributed by atoms with Gasteiger partial charge >= 0.3 is 5.63 Å². The summed E-state index contributed by atoms with van der Waals surface area (Å²) in [6.45, 7) is 4.07. The van der Waals surface area contributed by atoms with Crippen LogP contribution in [0.2, 0.25) is 0 Å². The average Bonchev–Trinajstić information content (AvgIpc) is 3.06. The molecule has 0 saturated carbocycles. The number of ether oxygens (including phenoxy) is 1. The number of hydrogen-bond donors (Lipinski definition) is 1. The number of methoxy groups -OCH3 is 1. The van der Waals surface area contributed by atoms with Gasteiger partial charge in [0.15, 0.2) is 0 Å². The zero-order chi connectivity index (χ0) is 24.4. The summed E-state index contributed by atoms with van der Waals surface area (Å²) >= 11 is 0. The Kier molecular flexibility index (Phi) is 6.38. The van der Waals surface area contributed by atoms with E-state index in [1.807, 2.05) is 18.2 Å². The van der Waals surface area contributed by atoms with Gasteiger partial charge in [-0.1, -0.05) is 54.1 Å². The SMILES string of the molecule is COc1ccc(C2CC(c3c(O)c4ccccc4oc3=O)=NCCN2Cc2cccc(C)c2)cc1. The highest BCUT2D eigenvalue weighted by Gasteiger charge is 2.29. The van der Waals surface area contributed by atoms with E-state index in [-0.39, 0.29) is 17.4 Å². The molecule has 0 amide bonds. The van der Waals surface area contributed by atoms with E-state index in [9.17, 15) is 9.90 Å². The molecule has 1 aliphatic heterocycles. The molecule has 2 heterocycles. The van der Waals surface area contributed by atoms with E-state index in [0.29, 0.717) is 36.2 Å². The fraction of sp³-hybridized carbons (Fsp3) is 0.241. The molecule has 178 valence electrons. The van der Waals surface area contributed by atoms with Crippen LogP contribution >= 0.6 is 0 Å². The number of benzene rings is 3. The summed E-state index contributed by atoms with van der Waals surface area (Å²) in [5.74, 6) is 0.713. The Balaban J connectivity index is 1.55. The van der Waals surface area contributed by atoms with Crippen LogP contribution in [0.3, 0.4) is 0 Å². The molecule has 0 saturated heterocycles. The lowest BCUT2D eigenvalue weighted by Crippen LogP contribution is -2.30. The molecule has 0 radical (unpaired) electrons. The van der Waals surface area contributed by atoms with Crippen molar-refractivity contribution in [1.29, 1.82) is 0 Å². The zero-order valence-corrected chi connectivity index (χ0v) is 19.9. The summed E-state index contributed by atoms with van der Waals surface area (Å²) in [6, 6.07) is 23.5. The minimum atomic E-state index is -0.569. The lowest BCUT2D eigenvalue weighted by atomic mass is 9.95. The van der Waals surface area contributed by atoms with Gasteiger partial charge in [0, 0.05) is 25.6 Å². The summed E-state index contributed by atoms with van der Waals surface area (Å²) in [6.07, 6.45) is 0.467. The topological polar surface area (TPSA) is 75.3 Å². The summed E-state index contributed by atoms with van der Waals surface area (Å²) in [4.78, 5) is 20.1. The molecule has 4 aromatic rings. The van der Waals surface area contributed by atoms with Crippen LogP contribution in [0.4, 0.5) is 0 Å². The Labute approximate surface area is 204 Å². The number of nitrogens with zero attached hydrogens (tertiary/aromatic N) is 2. The first-order valence-electron chi connectivity index (χ1n) is 11.8. The molecule has 0 fully saturated rings. The van der Waals surface area contributed by atoms with Crippen molar-refractivity contribution in [1.82, 2.24) is 4.90 Å². The number of aromatic hydroxyl groups is 1. The van der Waals surface area contributed by atoms with Gasteiger partial charge in [0.25, 0.3) is 0 Å². The standard InChI is InChI=1S/C29H28N2O4/c1-19-6-5-7-20(16-19)18-31-15-14-30-24(17-25(31)21-10-12-22(34-2)13-11-21)27-28(32)23-8-3-4-9-26(23)35-29(27)33/h3-13,16,25,32H,14-15,17-18H2,1-2H3. The molecule has 6 heteroatoms. The van der Waals surface area contributed by atoms with Gasteiger partial charge in [0.1, 0.15) is 22.6 Å². The van der Waals surface area contributed by atoms with Gasteiger partial charge in [-0.05, 0) is 42.3 Å². The summed E-state index contributed by atoms with van der Waals surface area (Å²) in [5.41, 5.74) is 4.04. The van der Waals surface area contributed by atoms with E-state index in [0.717, 1.165) is 17.9 Å². The molecule has 1 atom stereocenters. The van der Waals surface area contributed by atoms with Gasteiger partial charge in [-0.15, -0.1) is 0 Å². The minimum absolute atomic E-state index is 0.0482. The number of aryl methyl sites for hydroxylation is 1. The van der Waals surface area contributed by atoms with Crippen molar-refractivity contribution < 1.29 is 14.3 Å². The first-order valence-corrected chi connectivity index (χ1v) is 11.8. The van der Waals surface area contributed by atoms with Crippen molar-refractivity contribution in [2.45, 2.75) is 25.9 Å². The third-order valence-corrected chi connectivity index (χ3v) is 6.56. The molecule has 0 spiro atoms. The van der Waals surface area contributed by atoms with Crippen molar-refractivity contribution in [3.63, 3.8) is 0 Å². The number of fused-ring (bicyclic) bond motifs is 1. The van der Waals surface area contributed by atoms with Crippen LogP contribution in [0.1, 0.15) is 34.7 Å². The van der Waals surface area contributed by atoms with Crippen molar-refractivity contribution in [2.75, 3.05) is 20.2 Å². The lowest BCUT2D eigenvalue weighted by Gasteiger charge is -2.30. The number of rotatable bonds is 5. The van der Waals surface area contributed by atoms with Crippen LogP contribution in [-0.2, 0) is 6.54 Å². The minimum Gasteiger partial charge on any atom is -0.506 e. The van der Waals surface area contributed by atoms with Gasteiger partial charge in [0.2, 0.25) is 0 Å². The second-order valence-electron chi connectivity index (χ2n) is 8.89.